The number of nitrogens with one attached hydrogen (secondary N) is 2. The summed E-state index contributed by atoms with van der Waals surface area (Å²) in [5, 5.41) is 14.4. The molecule has 6 nitrogen and oxygen atoms in total. The van der Waals surface area contributed by atoms with E-state index < -0.39 is 0 Å². The maximum Gasteiger partial charge on any atom is 0.224 e. The van der Waals surface area contributed by atoms with Crippen molar-refractivity contribution in [1.82, 2.24) is 15.0 Å². The molecule has 0 spiro atoms. The van der Waals surface area contributed by atoms with Crippen LogP contribution in [0.2, 0.25) is 0 Å². The van der Waals surface area contributed by atoms with Gasteiger partial charge in [0.05, 0.1) is 6.10 Å². The van der Waals surface area contributed by atoms with Crippen molar-refractivity contribution in [2.24, 2.45) is 0 Å². The Morgan fingerprint density at radius 3 is 3.12 bits per heavy atom. The fourth-order valence-electron chi connectivity index (χ4n) is 3.42. The zero-order chi connectivity index (χ0) is 17.1. The number of hydrogen-bond donors (Lipinski definition) is 3. The van der Waals surface area contributed by atoms with Crippen LogP contribution in [-0.2, 0) is 6.42 Å². The van der Waals surface area contributed by atoms with Crippen molar-refractivity contribution in [2.75, 3.05) is 29.9 Å². The number of aliphatic hydroxyl groups excluding tert-OH is 1. The molecule has 3 heterocycles. The van der Waals surface area contributed by atoms with E-state index in [1.165, 1.54) is 16.5 Å². The first kappa shape index (κ1) is 15.9. The molecule has 1 saturated heterocycles. The van der Waals surface area contributed by atoms with Crippen LogP contribution < -0.4 is 10.2 Å². The number of rotatable bonds is 5. The van der Waals surface area contributed by atoms with Gasteiger partial charge in [-0.2, -0.15) is 4.98 Å². The molecule has 0 radical (unpaired) electrons. The van der Waals surface area contributed by atoms with Crippen molar-refractivity contribution in [3.8, 4) is 0 Å². The molecule has 0 saturated carbocycles. The normalized spacial score (nSPS) is 17.8. The highest BCUT2D eigenvalue weighted by Gasteiger charge is 2.19. The monoisotopic (exact) mass is 337 g/mol. The van der Waals surface area contributed by atoms with Gasteiger partial charge in [-0.1, -0.05) is 18.2 Å². The molecule has 1 aromatic carbocycles. The van der Waals surface area contributed by atoms with Gasteiger partial charge in [0.25, 0.3) is 0 Å². The molecular weight excluding hydrogens is 314 g/mol. The summed E-state index contributed by atoms with van der Waals surface area (Å²) < 4.78 is 0. The Labute approximate surface area is 146 Å². The molecule has 3 N–H and O–H groups in total. The summed E-state index contributed by atoms with van der Waals surface area (Å²) in [5.41, 5.74) is 2.46. The van der Waals surface area contributed by atoms with E-state index in [2.05, 4.69) is 49.6 Å². The summed E-state index contributed by atoms with van der Waals surface area (Å²) in [6, 6.07) is 10.2. The molecule has 1 aliphatic heterocycles. The fourth-order valence-corrected chi connectivity index (χ4v) is 3.42. The maximum atomic E-state index is 9.84. The van der Waals surface area contributed by atoms with Crippen molar-refractivity contribution >= 4 is 22.7 Å². The average molecular weight is 337 g/mol. The first-order chi connectivity index (χ1) is 12.3. The SMILES string of the molecule is O[C@H]1CCCN(c2ccnc(NCCc3c[nH]c4ccccc34)n2)C1. The highest BCUT2D eigenvalue weighted by Crippen LogP contribution is 2.20. The smallest absolute Gasteiger partial charge is 0.224 e. The van der Waals surface area contributed by atoms with Crippen molar-refractivity contribution in [3.63, 3.8) is 0 Å². The lowest BCUT2D eigenvalue weighted by Crippen LogP contribution is -2.38. The van der Waals surface area contributed by atoms with Crippen LogP contribution in [0.4, 0.5) is 11.8 Å². The maximum absolute atomic E-state index is 9.84. The Balaban J connectivity index is 1.39. The summed E-state index contributed by atoms with van der Waals surface area (Å²) in [5.74, 6) is 1.51. The third kappa shape index (κ3) is 3.58. The van der Waals surface area contributed by atoms with Crippen LogP contribution in [0.3, 0.4) is 0 Å². The molecule has 4 rings (SSSR count). The van der Waals surface area contributed by atoms with Gasteiger partial charge in [0, 0.05) is 42.9 Å². The minimum absolute atomic E-state index is 0.262. The van der Waals surface area contributed by atoms with E-state index in [1.807, 2.05) is 12.1 Å². The van der Waals surface area contributed by atoms with Crippen molar-refractivity contribution in [1.29, 1.82) is 0 Å². The number of aliphatic hydroxyl groups is 1. The lowest BCUT2D eigenvalue weighted by Gasteiger charge is -2.31. The largest absolute Gasteiger partial charge is 0.391 e. The minimum Gasteiger partial charge on any atom is -0.391 e. The molecule has 1 atom stereocenters. The number of H-pyrrole nitrogens is 1. The predicted molar refractivity (Wildman–Crippen MR) is 100.0 cm³/mol. The van der Waals surface area contributed by atoms with E-state index in [4.69, 9.17) is 0 Å². The van der Waals surface area contributed by atoms with E-state index in [0.29, 0.717) is 12.5 Å². The number of anilines is 2. The van der Waals surface area contributed by atoms with Crippen LogP contribution in [0.1, 0.15) is 18.4 Å². The summed E-state index contributed by atoms with van der Waals surface area (Å²) >= 11 is 0. The molecule has 1 fully saturated rings. The molecule has 2 aromatic heterocycles. The fraction of sp³-hybridized carbons (Fsp3) is 0.368. The molecule has 6 heteroatoms. The van der Waals surface area contributed by atoms with Gasteiger partial charge in [-0.05, 0) is 37.0 Å². The summed E-state index contributed by atoms with van der Waals surface area (Å²) in [6.45, 7) is 2.35. The van der Waals surface area contributed by atoms with Crippen LogP contribution in [0.25, 0.3) is 10.9 Å². The van der Waals surface area contributed by atoms with Gasteiger partial charge in [-0.25, -0.2) is 4.98 Å². The van der Waals surface area contributed by atoms with Crippen molar-refractivity contribution < 1.29 is 5.11 Å². The van der Waals surface area contributed by atoms with Crippen LogP contribution in [0, 0.1) is 0 Å². The average Bonchev–Trinajstić information content (AvgIpc) is 3.05. The third-order valence-corrected chi connectivity index (χ3v) is 4.71. The Morgan fingerprint density at radius 2 is 2.20 bits per heavy atom. The molecule has 3 aromatic rings. The standard InChI is InChI=1S/C19H23N5O/c25-15-4-3-11-24(13-15)18-8-10-21-19(23-18)20-9-7-14-12-22-17-6-2-1-5-16(14)17/h1-2,5-6,8,10,12,15,22,25H,3-4,7,9,11,13H2,(H,20,21,23)/t15-/m0/s1. The number of aromatic nitrogens is 3. The van der Waals surface area contributed by atoms with E-state index >= 15 is 0 Å². The van der Waals surface area contributed by atoms with Gasteiger partial charge in [0.15, 0.2) is 0 Å². The number of β-amino-alcohol motifs (C(OH)–C–C–N with tert-alkyl or cyclic N) is 1. The Bertz CT molecular complexity index is 846. The summed E-state index contributed by atoms with van der Waals surface area (Å²) in [4.78, 5) is 14.3. The predicted octanol–water partition coefficient (Wildman–Crippen LogP) is 2.57. The number of piperidine rings is 1. The van der Waals surface area contributed by atoms with Crippen LogP contribution in [-0.4, -0.2) is 45.8 Å². The Hall–Kier alpha value is -2.60. The molecule has 0 aliphatic carbocycles. The van der Waals surface area contributed by atoms with Gasteiger partial charge in [0.1, 0.15) is 5.82 Å². The van der Waals surface area contributed by atoms with Crippen molar-refractivity contribution in [2.45, 2.75) is 25.4 Å². The molecule has 0 amide bonds. The lowest BCUT2D eigenvalue weighted by molar-refractivity contribution is 0.154. The second kappa shape index (κ2) is 7.11. The van der Waals surface area contributed by atoms with Gasteiger partial charge < -0.3 is 20.3 Å². The molecule has 0 unspecified atom stereocenters. The van der Waals surface area contributed by atoms with Crippen molar-refractivity contribution in [3.05, 3.63) is 48.3 Å². The highest BCUT2D eigenvalue weighted by molar-refractivity contribution is 5.83. The van der Waals surface area contributed by atoms with Gasteiger partial charge >= 0.3 is 0 Å². The van der Waals surface area contributed by atoms with Gasteiger partial charge in [-0.15, -0.1) is 0 Å². The first-order valence-corrected chi connectivity index (χ1v) is 8.84. The van der Waals surface area contributed by atoms with Gasteiger partial charge in [-0.3, -0.25) is 0 Å². The van der Waals surface area contributed by atoms with Crippen LogP contribution in [0.15, 0.2) is 42.7 Å². The number of hydrogen-bond acceptors (Lipinski definition) is 5. The quantitative estimate of drug-likeness (QED) is 0.667. The van der Waals surface area contributed by atoms with E-state index in [1.54, 1.807) is 6.20 Å². The Kier molecular flexibility index (Phi) is 4.52. The molecular formula is C19H23N5O. The number of aromatic amines is 1. The number of fused-ring (bicyclic) bond motifs is 1. The van der Waals surface area contributed by atoms with Crippen LogP contribution in [0.5, 0.6) is 0 Å². The minimum atomic E-state index is -0.262. The molecule has 0 bridgehead atoms. The van der Waals surface area contributed by atoms with E-state index in [0.717, 1.165) is 38.2 Å². The molecule has 1 aliphatic rings. The lowest BCUT2D eigenvalue weighted by atomic mass is 10.1. The van der Waals surface area contributed by atoms with Crippen LogP contribution >= 0.6 is 0 Å². The zero-order valence-corrected chi connectivity index (χ0v) is 14.2. The zero-order valence-electron chi connectivity index (χ0n) is 14.2. The number of benzene rings is 1. The molecule has 130 valence electrons. The van der Waals surface area contributed by atoms with E-state index in [-0.39, 0.29) is 6.10 Å². The van der Waals surface area contributed by atoms with E-state index in [9.17, 15) is 5.11 Å². The third-order valence-electron chi connectivity index (χ3n) is 4.71. The second-order valence-electron chi connectivity index (χ2n) is 6.52. The number of para-hydroxylation sites is 1. The highest BCUT2D eigenvalue weighted by atomic mass is 16.3. The summed E-state index contributed by atoms with van der Waals surface area (Å²) in [7, 11) is 0. The topological polar surface area (TPSA) is 77.1 Å². The molecule has 25 heavy (non-hydrogen) atoms. The first-order valence-electron chi connectivity index (χ1n) is 8.84. The Morgan fingerprint density at radius 1 is 1.28 bits per heavy atom. The summed E-state index contributed by atoms with van der Waals surface area (Å²) in [6.07, 6.45) is 6.35. The number of nitrogens with zero attached hydrogens (tertiary/aromatic N) is 3. The van der Waals surface area contributed by atoms with Gasteiger partial charge in [0.2, 0.25) is 5.95 Å². The second-order valence-corrected chi connectivity index (χ2v) is 6.52.